The molecule has 0 fully saturated rings. The van der Waals surface area contributed by atoms with Crippen molar-refractivity contribution in [3.63, 3.8) is 0 Å². The zero-order chi connectivity index (χ0) is 18.4. The molecule has 2 aromatic rings. The summed E-state index contributed by atoms with van der Waals surface area (Å²) in [4.78, 5) is 39.8. The number of nitrogens with zero attached hydrogens (tertiary/aromatic N) is 1. The van der Waals surface area contributed by atoms with Gasteiger partial charge < -0.3 is 10.1 Å². The van der Waals surface area contributed by atoms with Crippen molar-refractivity contribution in [2.45, 2.75) is 32.7 Å². The number of nitrogens with one attached hydrogen (secondary N) is 2. The molecule has 0 spiro atoms. The van der Waals surface area contributed by atoms with E-state index in [-0.39, 0.29) is 6.61 Å². The molecule has 3 heterocycles. The third-order valence-electron chi connectivity index (χ3n) is 4.80. The number of fused-ring (bicyclic) bond motifs is 1. The summed E-state index contributed by atoms with van der Waals surface area (Å²) in [5.74, 6) is -0.551. The van der Waals surface area contributed by atoms with Crippen molar-refractivity contribution < 1.29 is 9.53 Å². The number of hydrogen-bond donors (Lipinski definition) is 2. The maximum atomic E-state index is 12.7. The molecule has 0 amide bonds. The number of ether oxygens (including phenoxy) is 1. The van der Waals surface area contributed by atoms with Crippen molar-refractivity contribution in [3.8, 4) is 0 Å². The quantitative estimate of drug-likeness (QED) is 0.818. The highest BCUT2D eigenvalue weighted by atomic mass is 16.5. The topological polar surface area (TPSA) is 93.2 Å². The summed E-state index contributed by atoms with van der Waals surface area (Å²) in [5, 5.41) is 3.12. The van der Waals surface area contributed by atoms with Gasteiger partial charge in [-0.05, 0) is 18.9 Å². The van der Waals surface area contributed by atoms with Crippen LogP contribution >= 0.6 is 0 Å². The van der Waals surface area contributed by atoms with Crippen LogP contribution in [0.3, 0.4) is 0 Å². The number of anilines is 1. The molecule has 0 saturated carbocycles. The van der Waals surface area contributed by atoms with Gasteiger partial charge in [-0.2, -0.15) is 0 Å². The van der Waals surface area contributed by atoms with Crippen LogP contribution < -0.4 is 16.6 Å². The molecule has 2 aliphatic heterocycles. The Morgan fingerprint density at radius 3 is 2.81 bits per heavy atom. The van der Waals surface area contributed by atoms with E-state index in [1.54, 1.807) is 0 Å². The molecule has 1 aromatic carbocycles. The van der Waals surface area contributed by atoms with E-state index < -0.39 is 23.1 Å². The molecule has 7 nitrogen and oxygen atoms in total. The molecule has 0 radical (unpaired) electrons. The zero-order valence-corrected chi connectivity index (χ0v) is 14.6. The first-order valence-electron chi connectivity index (χ1n) is 8.62. The summed E-state index contributed by atoms with van der Waals surface area (Å²) in [6.07, 6.45) is 0.733. The molecule has 0 bridgehead atoms. The van der Waals surface area contributed by atoms with E-state index >= 15 is 0 Å². The lowest BCUT2D eigenvalue weighted by molar-refractivity contribution is -0.136. The largest absolute Gasteiger partial charge is 0.456 e. The van der Waals surface area contributed by atoms with Gasteiger partial charge in [0.2, 0.25) is 0 Å². The fraction of sp³-hybridized carbons (Fsp3) is 0.316. The highest BCUT2D eigenvalue weighted by Crippen LogP contribution is 2.42. The van der Waals surface area contributed by atoms with Crippen LogP contribution in [0.25, 0.3) is 0 Å². The van der Waals surface area contributed by atoms with Crippen LogP contribution in [0.2, 0.25) is 0 Å². The molecule has 0 saturated heterocycles. The zero-order valence-electron chi connectivity index (χ0n) is 14.6. The van der Waals surface area contributed by atoms with Crippen molar-refractivity contribution in [1.29, 1.82) is 0 Å². The first kappa shape index (κ1) is 16.4. The van der Waals surface area contributed by atoms with E-state index in [0.717, 1.165) is 17.5 Å². The van der Waals surface area contributed by atoms with Crippen LogP contribution in [0.5, 0.6) is 0 Å². The molecule has 2 N–H and O–H groups in total. The van der Waals surface area contributed by atoms with Crippen molar-refractivity contribution >= 4 is 11.8 Å². The summed E-state index contributed by atoms with van der Waals surface area (Å²) in [6, 6.07) is 7.68. The number of esters is 1. The van der Waals surface area contributed by atoms with Crippen LogP contribution in [0.15, 0.2) is 45.1 Å². The molecular weight excluding hydrogens is 334 g/mol. The maximum absolute atomic E-state index is 12.7. The van der Waals surface area contributed by atoms with Crippen LogP contribution in [-0.4, -0.2) is 22.1 Å². The van der Waals surface area contributed by atoms with Crippen molar-refractivity contribution in [3.05, 3.63) is 73.1 Å². The van der Waals surface area contributed by atoms with E-state index in [1.807, 2.05) is 38.1 Å². The molecule has 0 unspecified atom stereocenters. The van der Waals surface area contributed by atoms with E-state index in [1.165, 1.54) is 4.57 Å². The number of H-pyrrole nitrogens is 1. The van der Waals surface area contributed by atoms with Crippen molar-refractivity contribution in [2.75, 3.05) is 11.9 Å². The van der Waals surface area contributed by atoms with Gasteiger partial charge in [0.25, 0.3) is 5.56 Å². The Kier molecular flexibility index (Phi) is 3.79. The number of cyclic esters (lactones) is 1. The van der Waals surface area contributed by atoms with E-state index in [9.17, 15) is 14.4 Å². The molecule has 4 rings (SSSR count). The second-order valence-corrected chi connectivity index (χ2v) is 6.61. The maximum Gasteiger partial charge on any atom is 0.337 e. The minimum Gasteiger partial charge on any atom is -0.456 e. The SMILES string of the molecule is CCCn1c2c(c(=O)[nH]c1=O)[C@@H](c1cccc(C)c1)C1=C(COC1=O)N2. The van der Waals surface area contributed by atoms with Gasteiger partial charge in [-0.15, -0.1) is 0 Å². The Bertz CT molecular complexity index is 1060. The minimum absolute atomic E-state index is 0.114. The van der Waals surface area contributed by atoms with Gasteiger partial charge >= 0.3 is 11.7 Å². The number of carbonyl (C=O) groups is 1. The van der Waals surface area contributed by atoms with E-state index in [0.29, 0.717) is 29.2 Å². The second-order valence-electron chi connectivity index (χ2n) is 6.61. The average Bonchev–Trinajstić information content (AvgIpc) is 2.98. The van der Waals surface area contributed by atoms with Crippen molar-refractivity contribution in [2.24, 2.45) is 0 Å². The number of benzene rings is 1. The lowest BCUT2D eigenvalue weighted by Crippen LogP contribution is -2.38. The standard InChI is InChI=1S/C19H19N3O4/c1-3-7-22-16-15(17(23)21-19(22)25)13(11-6-4-5-10(2)8-11)14-12(20-16)9-26-18(14)24/h4-6,8,13,20H,3,7,9H2,1-2H3,(H,21,23,25)/t13-/m0/s1. The Hall–Kier alpha value is -3.09. The molecule has 1 aromatic heterocycles. The van der Waals surface area contributed by atoms with Gasteiger partial charge in [-0.1, -0.05) is 36.8 Å². The predicted octanol–water partition coefficient (Wildman–Crippen LogP) is 1.62. The molecule has 0 aliphatic carbocycles. The number of carbonyl (C=O) groups excluding carboxylic acids is 1. The third kappa shape index (κ3) is 2.39. The molecule has 134 valence electrons. The van der Waals surface area contributed by atoms with Crippen LogP contribution in [0, 0.1) is 6.92 Å². The lowest BCUT2D eigenvalue weighted by Gasteiger charge is -2.28. The summed E-state index contributed by atoms with van der Waals surface area (Å²) in [5.41, 5.74) is 2.34. The fourth-order valence-corrected chi connectivity index (χ4v) is 3.71. The monoisotopic (exact) mass is 353 g/mol. The number of aromatic nitrogens is 2. The van der Waals surface area contributed by atoms with Crippen LogP contribution in [-0.2, 0) is 16.1 Å². The Morgan fingerprint density at radius 2 is 2.08 bits per heavy atom. The van der Waals surface area contributed by atoms with E-state index in [4.69, 9.17) is 4.74 Å². The summed E-state index contributed by atoms with van der Waals surface area (Å²) < 4.78 is 6.73. The Labute approximate surface area is 149 Å². The number of rotatable bonds is 3. The minimum atomic E-state index is -0.566. The average molecular weight is 353 g/mol. The molecular formula is C19H19N3O4. The van der Waals surface area contributed by atoms with Crippen LogP contribution in [0.4, 0.5) is 5.82 Å². The normalized spacial score (nSPS) is 18.2. The Balaban J connectivity index is 2.04. The fourth-order valence-electron chi connectivity index (χ4n) is 3.71. The highest BCUT2D eigenvalue weighted by Gasteiger charge is 2.41. The summed E-state index contributed by atoms with van der Waals surface area (Å²) >= 11 is 0. The highest BCUT2D eigenvalue weighted by molar-refractivity contribution is 5.96. The smallest absolute Gasteiger partial charge is 0.337 e. The van der Waals surface area contributed by atoms with Gasteiger partial charge in [0, 0.05) is 6.54 Å². The number of aryl methyl sites for hydroxylation is 1. The van der Waals surface area contributed by atoms with Gasteiger partial charge in [0.1, 0.15) is 12.4 Å². The number of hydrogen-bond acceptors (Lipinski definition) is 5. The first-order chi connectivity index (χ1) is 12.5. The lowest BCUT2D eigenvalue weighted by atomic mass is 9.82. The summed E-state index contributed by atoms with van der Waals surface area (Å²) in [7, 11) is 0. The molecule has 7 heteroatoms. The Morgan fingerprint density at radius 1 is 1.27 bits per heavy atom. The van der Waals surface area contributed by atoms with Gasteiger partial charge in [-0.25, -0.2) is 9.59 Å². The number of aromatic amines is 1. The van der Waals surface area contributed by atoms with Gasteiger partial charge in [0.05, 0.1) is 22.8 Å². The first-order valence-corrected chi connectivity index (χ1v) is 8.62. The second kappa shape index (κ2) is 6.01. The third-order valence-corrected chi connectivity index (χ3v) is 4.80. The van der Waals surface area contributed by atoms with Crippen LogP contribution in [0.1, 0.15) is 36.0 Å². The predicted molar refractivity (Wildman–Crippen MR) is 96.2 cm³/mol. The van der Waals surface area contributed by atoms with E-state index in [2.05, 4.69) is 10.3 Å². The molecule has 2 aliphatic rings. The molecule has 1 atom stereocenters. The van der Waals surface area contributed by atoms with Gasteiger partial charge in [0.15, 0.2) is 0 Å². The molecule has 26 heavy (non-hydrogen) atoms. The summed E-state index contributed by atoms with van der Waals surface area (Å²) in [6.45, 7) is 4.49. The van der Waals surface area contributed by atoms with Gasteiger partial charge in [-0.3, -0.25) is 14.3 Å². The van der Waals surface area contributed by atoms with Crippen molar-refractivity contribution in [1.82, 2.24) is 9.55 Å².